The van der Waals surface area contributed by atoms with E-state index in [1.165, 1.54) is 26.9 Å². The maximum absolute atomic E-state index is 12.4. The fourth-order valence-electron chi connectivity index (χ4n) is 4.71. The summed E-state index contributed by atoms with van der Waals surface area (Å²) >= 11 is 0. The van der Waals surface area contributed by atoms with Gasteiger partial charge in [-0.25, -0.2) is 0 Å². The third-order valence-corrected chi connectivity index (χ3v) is 8.96. The van der Waals surface area contributed by atoms with Crippen molar-refractivity contribution in [2.24, 2.45) is 0 Å². The Hall–Kier alpha value is -3.68. The van der Waals surface area contributed by atoms with E-state index in [1.54, 1.807) is 0 Å². The highest BCUT2D eigenvalue weighted by Crippen LogP contribution is 2.37. The molecule has 5 aromatic rings. The van der Waals surface area contributed by atoms with Crippen molar-refractivity contribution in [1.82, 2.24) is 4.57 Å². The number of aryl methyl sites for hydroxylation is 1. The maximum Gasteiger partial charge on any atom is 0.306 e. The van der Waals surface area contributed by atoms with Crippen LogP contribution in [0.5, 0.6) is 0 Å². The lowest BCUT2D eigenvalue weighted by Gasteiger charge is -2.23. The molecule has 0 aliphatic carbocycles. The topological polar surface area (TPSA) is 31.2 Å². The van der Waals surface area contributed by atoms with Gasteiger partial charge in [0.25, 0.3) is 0 Å². The molecule has 3 nitrogen and oxygen atoms in total. The molecule has 0 atom stereocenters. The molecule has 0 spiro atoms. The van der Waals surface area contributed by atoms with E-state index in [9.17, 15) is 4.79 Å². The molecule has 0 radical (unpaired) electrons. The molecule has 186 valence electrons. The summed E-state index contributed by atoms with van der Waals surface area (Å²) in [5.41, 5.74) is 4.72. The standard InChI is InChI=1S/C33H32NO2P/c1-2-3-24-36-33(35)23-22-26-14-10-12-20-30(26)34-31-21-13-11-15-27(31)25-32(34)37(28-16-6-4-7-17-28)29-18-8-5-9-19-29/h4-21,25H,2-3,22-24H2,1H3. The molecular weight excluding hydrogens is 473 g/mol. The normalized spacial score (nSPS) is 11.2. The minimum absolute atomic E-state index is 0.128. The van der Waals surface area contributed by atoms with Crippen molar-refractivity contribution in [3.8, 4) is 5.69 Å². The molecule has 1 aromatic heterocycles. The van der Waals surface area contributed by atoms with Crippen LogP contribution >= 0.6 is 7.92 Å². The van der Waals surface area contributed by atoms with Crippen molar-refractivity contribution in [2.45, 2.75) is 32.6 Å². The molecule has 0 fully saturated rings. The summed E-state index contributed by atoms with van der Waals surface area (Å²) in [4.78, 5) is 12.4. The number of hydrogen-bond donors (Lipinski definition) is 0. The smallest absolute Gasteiger partial charge is 0.306 e. The van der Waals surface area contributed by atoms with E-state index in [4.69, 9.17) is 4.74 Å². The lowest BCUT2D eigenvalue weighted by molar-refractivity contribution is -0.143. The van der Waals surface area contributed by atoms with Gasteiger partial charge in [-0.3, -0.25) is 4.79 Å². The Balaban J connectivity index is 1.62. The van der Waals surface area contributed by atoms with Crippen LogP contribution in [-0.4, -0.2) is 17.1 Å². The number of carbonyl (C=O) groups excluding carboxylic acids is 1. The van der Waals surface area contributed by atoms with Gasteiger partial charge in [0.15, 0.2) is 0 Å². The average molecular weight is 506 g/mol. The fourth-order valence-corrected chi connectivity index (χ4v) is 7.16. The predicted molar refractivity (Wildman–Crippen MR) is 156 cm³/mol. The van der Waals surface area contributed by atoms with Crippen molar-refractivity contribution in [2.75, 3.05) is 6.61 Å². The van der Waals surface area contributed by atoms with Gasteiger partial charge in [0.05, 0.1) is 17.6 Å². The van der Waals surface area contributed by atoms with Gasteiger partial charge in [-0.1, -0.05) is 110 Å². The monoisotopic (exact) mass is 505 g/mol. The molecule has 0 saturated carbocycles. The van der Waals surface area contributed by atoms with Gasteiger partial charge in [-0.15, -0.1) is 0 Å². The van der Waals surface area contributed by atoms with Crippen molar-refractivity contribution >= 4 is 40.8 Å². The van der Waals surface area contributed by atoms with E-state index in [2.05, 4.69) is 127 Å². The number of ether oxygens (including phenoxy) is 1. The number of carbonyl (C=O) groups is 1. The molecule has 0 unspecified atom stereocenters. The first kappa shape index (κ1) is 25.0. The van der Waals surface area contributed by atoms with Crippen LogP contribution in [0, 0.1) is 0 Å². The largest absolute Gasteiger partial charge is 0.466 e. The number of esters is 1. The second kappa shape index (κ2) is 12.0. The van der Waals surface area contributed by atoms with Crippen LogP contribution in [0.4, 0.5) is 0 Å². The van der Waals surface area contributed by atoms with E-state index in [-0.39, 0.29) is 5.97 Å². The summed E-state index contributed by atoms with van der Waals surface area (Å²) in [6.45, 7) is 2.60. The van der Waals surface area contributed by atoms with Gasteiger partial charge in [-0.2, -0.15) is 0 Å². The second-order valence-corrected chi connectivity index (χ2v) is 11.3. The van der Waals surface area contributed by atoms with Gasteiger partial charge in [-0.05, 0) is 47.2 Å². The molecule has 4 aromatic carbocycles. The molecule has 0 N–H and O–H groups in total. The Morgan fingerprint density at radius 2 is 1.41 bits per heavy atom. The van der Waals surface area contributed by atoms with Crippen LogP contribution in [0.2, 0.25) is 0 Å². The number of rotatable bonds is 10. The highest BCUT2D eigenvalue weighted by molar-refractivity contribution is 7.79. The van der Waals surface area contributed by atoms with Gasteiger partial charge >= 0.3 is 5.97 Å². The molecule has 5 rings (SSSR count). The number of aromatic nitrogens is 1. The molecule has 4 heteroatoms. The lowest BCUT2D eigenvalue weighted by atomic mass is 10.1. The molecule has 0 bridgehead atoms. The van der Waals surface area contributed by atoms with E-state index in [0.29, 0.717) is 19.4 Å². The summed E-state index contributed by atoms with van der Waals surface area (Å²) in [6.07, 6.45) is 2.94. The zero-order valence-corrected chi connectivity index (χ0v) is 22.1. The Kier molecular flexibility index (Phi) is 8.13. The van der Waals surface area contributed by atoms with E-state index < -0.39 is 7.92 Å². The van der Waals surface area contributed by atoms with Crippen molar-refractivity contribution in [3.05, 3.63) is 121 Å². The van der Waals surface area contributed by atoms with Gasteiger partial charge in [0, 0.05) is 25.4 Å². The Bertz CT molecular complexity index is 1420. The highest BCUT2D eigenvalue weighted by atomic mass is 31.1. The number of benzene rings is 4. The third-order valence-electron chi connectivity index (χ3n) is 6.54. The van der Waals surface area contributed by atoms with Gasteiger partial charge in [0.2, 0.25) is 0 Å². The molecule has 37 heavy (non-hydrogen) atoms. The first-order valence-electron chi connectivity index (χ1n) is 13.0. The number of para-hydroxylation sites is 2. The summed E-state index contributed by atoms with van der Waals surface area (Å²) in [6, 6.07) is 41.0. The number of nitrogens with zero attached hydrogens (tertiary/aromatic N) is 1. The second-order valence-electron chi connectivity index (χ2n) is 9.11. The van der Waals surface area contributed by atoms with Crippen LogP contribution in [0.1, 0.15) is 31.7 Å². The minimum Gasteiger partial charge on any atom is -0.466 e. The molecular formula is C33H32NO2P. The molecule has 1 heterocycles. The number of fused-ring (bicyclic) bond motifs is 1. The fraction of sp³-hybridized carbons (Fsp3) is 0.182. The number of unbranched alkanes of at least 4 members (excludes halogenated alkanes) is 1. The first-order chi connectivity index (χ1) is 18.3. The van der Waals surface area contributed by atoms with Gasteiger partial charge in [0.1, 0.15) is 0 Å². The predicted octanol–water partition coefficient (Wildman–Crippen LogP) is 6.66. The number of hydrogen-bond acceptors (Lipinski definition) is 2. The zero-order valence-electron chi connectivity index (χ0n) is 21.2. The first-order valence-corrected chi connectivity index (χ1v) is 14.3. The van der Waals surface area contributed by atoms with Gasteiger partial charge < -0.3 is 9.30 Å². The molecule has 0 amide bonds. The Morgan fingerprint density at radius 1 is 0.784 bits per heavy atom. The van der Waals surface area contributed by atoms with Crippen molar-refractivity contribution in [1.29, 1.82) is 0 Å². The summed E-state index contributed by atoms with van der Waals surface area (Å²) in [5.74, 6) is -0.128. The van der Waals surface area contributed by atoms with Crippen molar-refractivity contribution in [3.63, 3.8) is 0 Å². The Labute approximate surface area is 220 Å². The van der Waals surface area contributed by atoms with E-state index in [1.807, 2.05) is 0 Å². The molecule has 0 aliphatic heterocycles. The molecule has 0 saturated heterocycles. The highest BCUT2D eigenvalue weighted by Gasteiger charge is 2.23. The summed E-state index contributed by atoms with van der Waals surface area (Å²) in [7, 11) is -0.810. The minimum atomic E-state index is -0.810. The van der Waals surface area contributed by atoms with Crippen molar-refractivity contribution < 1.29 is 9.53 Å². The SMILES string of the molecule is CCCCOC(=O)CCc1ccccc1-n1c(P(c2ccccc2)c2ccccc2)cc2ccccc21. The molecule has 0 aliphatic rings. The Morgan fingerprint density at radius 3 is 2.11 bits per heavy atom. The van der Waals surface area contributed by atoms with Crippen LogP contribution in [-0.2, 0) is 16.0 Å². The zero-order chi connectivity index (χ0) is 25.5. The van der Waals surface area contributed by atoms with E-state index >= 15 is 0 Å². The third kappa shape index (κ3) is 5.68. The maximum atomic E-state index is 12.4. The average Bonchev–Trinajstić information content (AvgIpc) is 3.32. The quantitative estimate of drug-likeness (QED) is 0.121. The van der Waals surface area contributed by atoms with Crippen LogP contribution in [0.25, 0.3) is 16.6 Å². The van der Waals surface area contributed by atoms with Crippen LogP contribution < -0.4 is 16.0 Å². The van der Waals surface area contributed by atoms with E-state index in [0.717, 1.165) is 24.1 Å². The van der Waals surface area contributed by atoms with Crippen LogP contribution in [0.3, 0.4) is 0 Å². The summed E-state index contributed by atoms with van der Waals surface area (Å²) < 4.78 is 7.86. The lowest BCUT2D eigenvalue weighted by Crippen LogP contribution is -2.26. The van der Waals surface area contributed by atoms with Crippen LogP contribution in [0.15, 0.2) is 115 Å². The summed E-state index contributed by atoms with van der Waals surface area (Å²) in [5, 5.41) is 3.83.